The second-order valence-electron chi connectivity index (χ2n) is 3.95. The number of H-pyrrole nitrogens is 1. The van der Waals surface area contributed by atoms with Crippen LogP contribution in [0.2, 0.25) is 0 Å². The van der Waals surface area contributed by atoms with Crippen LogP contribution in [0.5, 0.6) is 0 Å². The molecule has 2 aromatic rings. The average molecular weight is 232 g/mol. The molecule has 2 rings (SSSR count). The molecule has 0 aliphatic carbocycles. The van der Waals surface area contributed by atoms with Crippen LogP contribution in [0.1, 0.15) is 21.7 Å². The van der Waals surface area contributed by atoms with Crippen molar-refractivity contribution in [1.29, 1.82) is 0 Å². The molecule has 0 atom stereocenters. The molecule has 0 fully saturated rings. The second-order valence-corrected chi connectivity index (χ2v) is 3.95. The first-order valence-electron chi connectivity index (χ1n) is 5.29. The van der Waals surface area contributed by atoms with Crippen LogP contribution in [-0.2, 0) is 0 Å². The lowest BCUT2D eigenvalue weighted by Crippen LogP contribution is -2.12. The number of carbonyl (C=O) groups is 1. The van der Waals surface area contributed by atoms with E-state index in [-0.39, 0.29) is 11.7 Å². The number of hydrogen-bond acceptors (Lipinski definition) is 1. The maximum absolute atomic E-state index is 12.7. The Balaban J connectivity index is 2.17. The van der Waals surface area contributed by atoms with Gasteiger partial charge in [0.05, 0.1) is 5.56 Å². The number of benzene rings is 1. The van der Waals surface area contributed by atoms with Crippen molar-refractivity contribution in [2.45, 2.75) is 13.8 Å². The SMILES string of the molecule is Cc1cc(C(=O)Nc2ccc(F)cc2)c(C)[nH]1. The summed E-state index contributed by atoms with van der Waals surface area (Å²) in [6.45, 7) is 3.73. The van der Waals surface area contributed by atoms with Crippen molar-refractivity contribution in [2.75, 3.05) is 5.32 Å². The van der Waals surface area contributed by atoms with Crippen LogP contribution in [0, 0.1) is 19.7 Å². The highest BCUT2D eigenvalue weighted by Crippen LogP contribution is 2.13. The maximum atomic E-state index is 12.7. The normalized spacial score (nSPS) is 10.3. The largest absolute Gasteiger partial charge is 0.362 e. The molecule has 0 spiro atoms. The predicted octanol–water partition coefficient (Wildman–Crippen LogP) is 3.02. The van der Waals surface area contributed by atoms with Gasteiger partial charge in [0.15, 0.2) is 0 Å². The van der Waals surface area contributed by atoms with Gasteiger partial charge < -0.3 is 10.3 Å². The third-order valence-corrected chi connectivity index (χ3v) is 2.50. The van der Waals surface area contributed by atoms with Gasteiger partial charge in [0.2, 0.25) is 0 Å². The smallest absolute Gasteiger partial charge is 0.257 e. The average Bonchev–Trinajstić information content (AvgIpc) is 2.61. The number of aryl methyl sites for hydroxylation is 2. The van der Waals surface area contributed by atoms with Crippen LogP contribution in [-0.4, -0.2) is 10.9 Å². The Morgan fingerprint density at radius 2 is 1.88 bits per heavy atom. The summed E-state index contributed by atoms with van der Waals surface area (Å²) in [7, 11) is 0. The number of halogens is 1. The summed E-state index contributed by atoms with van der Waals surface area (Å²) in [6.07, 6.45) is 0. The van der Waals surface area contributed by atoms with Crippen LogP contribution < -0.4 is 5.32 Å². The Morgan fingerprint density at radius 1 is 1.24 bits per heavy atom. The van der Waals surface area contributed by atoms with Gasteiger partial charge in [0.25, 0.3) is 5.91 Å². The minimum Gasteiger partial charge on any atom is -0.362 e. The molecule has 0 unspecified atom stereocenters. The van der Waals surface area contributed by atoms with E-state index in [2.05, 4.69) is 10.3 Å². The lowest BCUT2D eigenvalue weighted by molar-refractivity contribution is 0.102. The van der Waals surface area contributed by atoms with Crippen molar-refractivity contribution in [2.24, 2.45) is 0 Å². The van der Waals surface area contributed by atoms with Gasteiger partial charge in [-0.15, -0.1) is 0 Å². The summed E-state index contributed by atoms with van der Waals surface area (Å²) in [5.41, 5.74) is 2.94. The van der Waals surface area contributed by atoms with E-state index in [1.165, 1.54) is 24.3 Å². The fourth-order valence-electron chi connectivity index (χ4n) is 1.69. The molecule has 0 aliphatic rings. The predicted molar refractivity (Wildman–Crippen MR) is 64.6 cm³/mol. The first-order chi connectivity index (χ1) is 8.06. The molecule has 1 aromatic carbocycles. The molecular weight excluding hydrogens is 219 g/mol. The molecule has 4 heteroatoms. The van der Waals surface area contributed by atoms with Crippen molar-refractivity contribution in [3.63, 3.8) is 0 Å². The van der Waals surface area contributed by atoms with Gasteiger partial charge in [-0.3, -0.25) is 4.79 Å². The van der Waals surface area contributed by atoms with Crippen LogP contribution in [0.25, 0.3) is 0 Å². The zero-order chi connectivity index (χ0) is 12.4. The molecule has 0 saturated heterocycles. The van der Waals surface area contributed by atoms with Crippen molar-refractivity contribution in [1.82, 2.24) is 4.98 Å². The summed E-state index contributed by atoms with van der Waals surface area (Å²) in [4.78, 5) is 15.0. The molecular formula is C13H13FN2O. The summed E-state index contributed by atoms with van der Waals surface area (Å²) in [5.74, 6) is -0.518. The fraction of sp³-hybridized carbons (Fsp3) is 0.154. The molecule has 3 nitrogen and oxygen atoms in total. The lowest BCUT2D eigenvalue weighted by Gasteiger charge is -2.04. The molecule has 1 amide bonds. The maximum Gasteiger partial charge on any atom is 0.257 e. The first-order valence-corrected chi connectivity index (χ1v) is 5.29. The van der Waals surface area contributed by atoms with Crippen molar-refractivity contribution in [3.8, 4) is 0 Å². The quantitative estimate of drug-likeness (QED) is 0.821. The molecule has 1 heterocycles. The van der Waals surface area contributed by atoms with E-state index in [1.54, 1.807) is 6.07 Å². The number of hydrogen-bond donors (Lipinski definition) is 2. The number of aromatic nitrogens is 1. The van der Waals surface area contributed by atoms with Crippen LogP contribution in [0.3, 0.4) is 0 Å². The molecule has 0 saturated carbocycles. The Hall–Kier alpha value is -2.10. The summed E-state index contributed by atoms with van der Waals surface area (Å²) >= 11 is 0. The van der Waals surface area contributed by atoms with Gasteiger partial charge in [-0.1, -0.05) is 0 Å². The number of nitrogens with one attached hydrogen (secondary N) is 2. The fourth-order valence-corrected chi connectivity index (χ4v) is 1.69. The Kier molecular flexibility index (Phi) is 2.95. The van der Waals surface area contributed by atoms with E-state index in [9.17, 15) is 9.18 Å². The summed E-state index contributed by atoms with van der Waals surface area (Å²) < 4.78 is 12.7. The molecule has 0 aliphatic heterocycles. The first kappa shape index (κ1) is 11.4. The molecule has 88 valence electrons. The second kappa shape index (κ2) is 4.41. The third-order valence-electron chi connectivity index (χ3n) is 2.50. The van der Waals surface area contributed by atoms with Gasteiger partial charge >= 0.3 is 0 Å². The molecule has 0 bridgehead atoms. The van der Waals surface area contributed by atoms with Crippen molar-refractivity contribution >= 4 is 11.6 Å². The van der Waals surface area contributed by atoms with Gasteiger partial charge in [0.1, 0.15) is 5.82 Å². The van der Waals surface area contributed by atoms with Crippen LogP contribution in [0.15, 0.2) is 30.3 Å². The van der Waals surface area contributed by atoms with E-state index in [1.807, 2.05) is 13.8 Å². The highest BCUT2D eigenvalue weighted by Gasteiger charge is 2.11. The minimum atomic E-state index is -0.323. The minimum absolute atomic E-state index is 0.196. The third kappa shape index (κ3) is 2.53. The van der Waals surface area contributed by atoms with E-state index in [0.717, 1.165) is 11.4 Å². The Labute approximate surface area is 98.7 Å². The monoisotopic (exact) mass is 232 g/mol. The highest BCUT2D eigenvalue weighted by molar-refractivity contribution is 6.05. The Bertz CT molecular complexity index is 543. The molecule has 0 radical (unpaired) electrons. The van der Waals surface area contributed by atoms with Gasteiger partial charge in [-0.2, -0.15) is 0 Å². The van der Waals surface area contributed by atoms with Gasteiger partial charge in [-0.25, -0.2) is 4.39 Å². The van der Waals surface area contributed by atoms with E-state index in [0.29, 0.717) is 11.3 Å². The molecule has 2 N–H and O–H groups in total. The number of amides is 1. The zero-order valence-electron chi connectivity index (χ0n) is 9.67. The number of carbonyl (C=O) groups excluding carboxylic acids is 1. The number of aromatic amines is 1. The zero-order valence-corrected chi connectivity index (χ0v) is 9.67. The van der Waals surface area contributed by atoms with E-state index < -0.39 is 0 Å². The standard InChI is InChI=1S/C13H13FN2O/c1-8-7-12(9(2)15-8)13(17)16-11-5-3-10(14)4-6-11/h3-7,15H,1-2H3,(H,16,17). The van der Waals surface area contributed by atoms with Crippen molar-refractivity contribution in [3.05, 3.63) is 53.1 Å². The van der Waals surface area contributed by atoms with Crippen LogP contribution in [0.4, 0.5) is 10.1 Å². The summed E-state index contributed by atoms with van der Waals surface area (Å²) in [5, 5.41) is 2.71. The van der Waals surface area contributed by atoms with Crippen molar-refractivity contribution < 1.29 is 9.18 Å². The topological polar surface area (TPSA) is 44.9 Å². The van der Waals surface area contributed by atoms with Gasteiger partial charge in [-0.05, 0) is 44.2 Å². The summed E-state index contributed by atoms with van der Waals surface area (Å²) in [6, 6.07) is 7.47. The number of anilines is 1. The van der Waals surface area contributed by atoms with E-state index in [4.69, 9.17) is 0 Å². The Morgan fingerprint density at radius 3 is 2.41 bits per heavy atom. The number of rotatable bonds is 2. The molecule has 17 heavy (non-hydrogen) atoms. The van der Waals surface area contributed by atoms with Gasteiger partial charge in [0, 0.05) is 17.1 Å². The highest BCUT2D eigenvalue weighted by atomic mass is 19.1. The molecule has 1 aromatic heterocycles. The lowest BCUT2D eigenvalue weighted by atomic mass is 10.2. The van der Waals surface area contributed by atoms with E-state index >= 15 is 0 Å². The van der Waals surface area contributed by atoms with Crippen LogP contribution >= 0.6 is 0 Å².